The molecule has 108 valence electrons. The molecule has 1 fully saturated rings. The third kappa shape index (κ3) is 3.27. The number of aliphatic carboxylic acids is 1. The van der Waals surface area contributed by atoms with Gasteiger partial charge in [0.25, 0.3) is 0 Å². The van der Waals surface area contributed by atoms with Crippen molar-refractivity contribution in [2.75, 3.05) is 0 Å². The van der Waals surface area contributed by atoms with E-state index in [-0.39, 0.29) is 11.2 Å². The number of amides is 1. The number of benzene rings is 1. The molecule has 1 atom stereocenters. The first-order chi connectivity index (χ1) is 9.43. The highest BCUT2D eigenvalue weighted by Gasteiger charge is 2.46. The van der Waals surface area contributed by atoms with Gasteiger partial charge in [0.15, 0.2) is 0 Å². The van der Waals surface area contributed by atoms with E-state index in [0.717, 1.165) is 11.3 Å². The largest absolute Gasteiger partial charge is 0.480 e. The van der Waals surface area contributed by atoms with Crippen LogP contribution in [0.25, 0.3) is 0 Å². The van der Waals surface area contributed by atoms with Crippen LogP contribution in [0.4, 0.5) is 0 Å². The first-order valence-electron chi connectivity index (χ1n) is 6.41. The normalized spacial score (nSPS) is 17.9. The van der Waals surface area contributed by atoms with Crippen molar-refractivity contribution in [1.82, 2.24) is 5.32 Å². The first kappa shape index (κ1) is 15.2. The van der Waals surface area contributed by atoms with E-state index >= 15 is 0 Å². The van der Waals surface area contributed by atoms with Crippen LogP contribution in [0.2, 0.25) is 5.02 Å². The van der Waals surface area contributed by atoms with Crippen LogP contribution >= 0.6 is 23.4 Å². The molecule has 0 bridgehead atoms. The minimum absolute atomic E-state index is 0.243. The third-order valence-corrected chi connectivity index (χ3v) is 4.84. The molecule has 1 aliphatic carbocycles. The van der Waals surface area contributed by atoms with Crippen molar-refractivity contribution in [1.29, 1.82) is 0 Å². The molecule has 0 radical (unpaired) electrons. The predicted octanol–water partition coefficient (Wildman–Crippen LogP) is 2.94. The number of carbonyl (C=O) groups is 2. The highest BCUT2D eigenvalue weighted by atomic mass is 35.5. The molecule has 2 N–H and O–H groups in total. The van der Waals surface area contributed by atoms with Crippen LogP contribution in [0.1, 0.15) is 26.2 Å². The predicted molar refractivity (Wildman–Crippen MR) is 79.1 cm³/mol. The van der Waals surface area contributed by atoms with Gasteiger partial charge >= 0.3 is 5.97 Å². The average Bonchev–Trinajstić information content (AvgIpc) is 2.35. The van der Waals surface area contributed by atoms with Crippen LogP contribution in [0.5, 0.6) is 0 Å². The molecular weight excluding hydrogens is 298 g/mol. The number of hydrogen-bond donors (Lipinski definition) is 2. The van der Waals surface area contributed by atoms with Crippen molar-refractivity contribution in [2.45, 2.75) is 41.9 Å². The van der Waals surface area contributed by atoms with E-state index in [1.807, 2.05) is 12.1 Å². The van der Waals surface area contributed by atoms with Gasteiger partial charge in [-0.3, -0.25) is 4.79 Å². The maximum atomic E-state index is 12.1. The summed E-state index contributed by atoms with van der Waals surface area (Å²) in [7, 11) is 0. The minimum atomic E-state index is -1.05. The molecule has 1 aliphatic rings. The van der Waals surface area contributed by atoms with Gasteiger partial charge in [-0.2, -0.15) is 0 Å². The van der Waals surface area contributed by atoms with Gasteiger partial charge in [0.05, 0.1) is 5.25 Å². The van der Waals surface area contributed by atoms with Crippen LogP contribution in [-0.2, 0) is 9.59 Å². The zero-order valence-corrected chi connectivity index (χ0v) is 12.6. The highest BCUT2D eigenvalue weighted by Crippen LogP contribution is 2.33. The maximum absolute atomic E-state index is 12.1. The lowest BCUT2D eigenvalue weighted by atomic mass is 9.76. The van der Waals surface area contributed by atoms with Crippen molar-refractivity contribution in [3.05, 3.63) is 29.3 Å². The van der Waals surface area contributed by atoms with Crippen molar-refractivity contribution >= 4 is 35.2 Å². The molecule has 0 saturated heterocycles. The zero-order chi connectivity index (χ0) is 14.8. The Labute approximate surface area is 126 Å². The standard InChI is InChI=1S/C14H16ClNO3S/c1-9(20-11-5-3-10(15)4-6-11)12(17)16-14(13(18)19)7-2-8-14/h3-6,9H,2,7-8H2,1H3,(H,16,17)(H,18,19). The number of nitrogens with one attached hydrogen (secondary N) is 1. The fourth-order valence-corrected chi connectivity index (χ4v) is 3.02. The lowest BCUT2D eigenvalue weighted by molar-refractivity contribution is -0.151. The van der Waals surface area contributed by atoms with Gasteiger partial charge in [-0.15, -0.1) is 11.8 Å². The van der Waals surface area contributed by atoms with E-state index in [4.69, 9.17) is 11.6 Å². The fraction of sp³-hybridized carbons (Fsp3) is 0.429. The summed E-state index contributed by atoms with van der Waals surface area (Å²) < 4.78 is 0. The molecule has 1 aromatic carbocycles. The van der Waals surface area contributed by atoms with Crippen LogP contribution in [0, 0.1) is 0 Å². The van der Waals surface area contributed by atoms with Gasteiger partial charge in [0.2, 0.25) is 5.91 Å². The summed E-state index contributed by atoms with van der Waals surface area (Å²) in [5.74, 6) is -1.19. The highest BCUT2D eigenvalue weighted by molar-refractivity contribution is 8.00. The van der Waals surface area contributed by atoms with E-state index < -0.39 is 11.5 Å². The number of carboxylic acids is 1. The first-order valence-corrected chi connectivity index (χ1v) is 7.66. The molecule has 2 rings (SSSR count). The van der Waals surface area contributed by atoms with Crippen LogP contribution in [-0.4, -0.2) is 27.8 Å². The van der Waals surface area contributed by atoms with Crippen molar-refractivity contribution < 1.29 is 14.7 Å². The smallest absolute Gasteiger partial charge is 0.329 e. The monoisotopic (exact) mass is 313 g/mol. The zero-order valence-electron chi connectivity index (χ0n) is 11.1. The Morgan fingerprint density at radius 3 is 2.40 bits per heavy atom. The minimum Gasteiger partial charge on any atom is -0.480 e. The number of rotatable bonds is 5. The van der Waals surface area contributed by atoms with Gasteiger partial charge in [-0.1, -0.05) is 11.6 Å². The van der Waals surface area contributed by atoms with E-state index in [0.29, 0.717) is 17.9 Å². The second-order valence-electron chi connectivity index (χ2n) is 4.94. The fourth-order valence-electron chi connectivity index (χ4n) is 2.03. The number of halogens is 1. The summed E-state index contributed by atoms with van der Waals surface area (Å²) >= 11 is 7.19. The van der Waals surface area contributed by atoms with Crippen LogP contribution in [0.3, 0.4) is 0 Å². The molecule has 6 heteroatoms. The second kappa shape index (κ2) is 6.06. The summed E-state index contributed by atoms with van der Waals surface area (Å²) in [6.45, 7) is 1.77. The summed E-state index contributed by atoms with van der Waals surface area (Å²) in [6.07, 6.45) is 1.85. The Morgan fingerprint density at radius 1 is 1.35 bits per heavy atom. The number of thioether (sulfide) groups is 1. The molecule has 0 aliphatic heterocycles. The summed E-state index contributed by atoms with van der Waals surface area (Å²) in [4.78, 5) is 24.3. The molecular formula is C14H16ClNO3S. The van der Waals surface area contributed by atoms with Gasteiger partial charge in [-0.25, -0.2) is 4.79 Å². The quantitative estimate of drug-likeness (QED) is 0.820. The van der Waals surface area contributed by atoms with E-state index in [9.17, 15) is 14.7 Å². The van der Waals surface area contributed by atoms with Crippen LogP contribution < -0.4 is 5.32 Å². The van der Waals surface area contributed by atoms with Gasteiger partial charge in [-0.05, 0) is 50.5 Å². The second-order valence-corrected chi connectivity index (χ2v) is 6.79. The lowest BCUT2D eigenvalue weighted by Crippen LogP contribution is -2.60. The summed E-state index contributed by atoms with van der Waals surface area (Å²) in [6, 6.07) is 7.21. The van der Waals surface area contributed by atoms with Crippen molar-refractivity contribution in [3.63, 3.8) is 0 Å². The van der Waals surface area contributed by atoms with Crippen LogP contribution in [0.15, 0.2) is 29.2 Å². The molecule has 0 aromatic heterocycles. The molecule has 1 amide bonds. The molecule has 1 aromatic rings. The molecule has 0 spiro atoms. The van der Waals surface area contributed by atoms with E-state index in [1.54, 1.807) is 19.1 Å². The van der Waals surface area contributed by atoms with E-state index in [1.165, 1.54) is 11.8 Å². The maximum Gasteiger partial charge on any atom is 0.329 e. The number of hydrogen-bond acceptors (Lipinski definition) is 3. The molecule has 4 nitrogen and oxygen atoms in total. The molecule has 0 heterocycles. The SMILES string of the molecule is CC(Sc1ccc(Cl)cc1)C(=O)NC1(C(=O)O)CCC1. The van der Waals surface area contributed by atoms with Gasteiger partial charge < -0.3 is 10.4 Å². The molecule has 20 heavy (non-hydrogen) atoms. The third-order valence-electron chi connectivity index (χ3n) is 3.47. The Hall–Kier alpha value is -1.20. The van der Waals surface area contributed by atoms with Crippen molar-refractivity contribution in [3.8, 4) is 0 Å². The van der Waals surface area contributed by atoms with Crippen molar-refractivity contribution in [2.24, 2.45) is 0 Å². The molecule has 1 unspecified atom stereocenters. The van der Waals surface area contributed by atoms with Gasteiger partial charge in [0, 0.05) is 9.92 Å². The Morgan fingerprint density at radius 2 is 1.95 bits per heavy atom. The molecule has 1 saturated carbocycles. The lowest BCUT2D eigenvalue weighted by Gasteiger charge is -2.38. The van der Waals surface area contributed by atoms with E-state index in [2.05, 4.69) is 5.32 Å². The average molecular weight is 314 g/mol. The Kier molecular flexibility index (Phi) is 4.60. The number of carboxylic acid groups (broad SMARTS) is 1. The summed E-state index contributed by atoms with van der Waals surface area (Å²) in [5.41, 5.74) is -1.05. The number of carbonyl (C=O) groups excluding carboxylic acids is 1. The summed E-state index contributed by atoms with van der Waals surface area (Å²) in [5, 5.41) is 12.2. The Bertz CT molecular complexity index is 514. The Balaban J connectivity index is 1.95. The topological polar surface area (TPSA) is 66.4 Å². The van der Waals surface area contributed by atoms with Gasteiger partial charge in [0.1, 0.15) is 5.54 Å².